The van der Waals surface area contributed by atoms with Crippen molar-refractivity contribution in [3.05, 3.63) is 5.21 Å². The number of nitrogens with zero attached hydrogens (tertiary/aromatic N) is 3. The van der Waals surface area contributed by atoms with Crippen LogP contribution in [0.15, 0.2) is 5.28 Å². The average Bonchev–Trinajstić information content (AvgIpc) is 2.42. The third-order valence-corrected chi connectivity index (χ3v) is 2.28. The first-order valence-electron chi connectivity index (χ1n) is 6.50. The zero-order valence-electron chi connectivity index (χ0n) is 12.2. The number of hydrazine groups is 1. The van der Waals surface area contributed by atoms with Crippen molar-refractivity contribution in [2.75, 3.05) is 27.0 Å². The van der Waals surface area contributed by atoms with Crippen molar-refractivity contribution in [3.8, 4) is 0 Å². The van der Waals surface area contributed by atoms with Gasteiger partial charge in [-0.2, -0.15) is 0 Å². The van der Waals surface area contributed by atoms with Crippen LogP contribution in [0.5, 0.6) is 0 Å². The predicted molar refractivity (Wildman–Crippen MR) is 68.8 cm³/mol. The number of carbonyl (C=O) groups is 2. The van der Waals surface area contributed by atoms with Crippen LogP contribution in [0, 0.1) is 5.21 Å². The van der Waals surface area contributed by atoms with E-state index in [2.05, 4.69) is 19.6 Å². The fraction of sp³-hybridized carbons (Fsp3) is 0.818. The van der Waals surface area contributed by atoms with Gasteiger partial charge in [0, 0.05) is 6.42 Å². The van der Waals surface area contributed by atoms with E-state index in [0.717, 1.165) is 0 Å². The van der Waals surface area contributed by atoms with Crippen LogP contribution in [-0.2, 0) is 19.1 Å². The number of hydrogen-bond donors (Lipinski definition) is 1. The number of ether oxygens (including phenoxy) is 2. The molecule has 0 saturated carbocycles. The Balaban J connectivity index is 3.72. The van der Waals surface area contributed by atoms with Gasteiger partial charge in [-0.3, -0.25) is 4.79 Å². The smallest absolute Gasteiger partial charge is 0.511 e. The van der Waals surface area contributed by atoms with Gasteiger partial charge in [-0.25, -0.2) is 4.79 Å². The van der Waals surface area contributed by atoms with Gasteiger partial charge in [0.25, 0.3) is 6.79 Å². The number of rotatable bonds is 11. The molecule has 0 heterocycles. The van der Waals surface area contributed by atoms with Crippen molar-refractivity contribution >= 4 is 12.1 Å². The first-order chi connectivity index (χ1) is 9.97. The Bertz CT molecular complexity index is 349. The highest BCUT2D eigenvalue weighted by Crippen LogP contribution is 2.01. The lowest BCUT2D eigenvalue weighted by Gasteiger charge is -2.12. The van der Waals surface area contributed by atoms with Gasteiger partial charge >= 0.3 is 12.1 Å². The summed E-state index contributed by atoms with van der Waals surface area (Å²) in [6, 6.07) is 0. The van der Waals surface area contributed by atoms with E-state index >= 15 is 0 Å². The summed E-state index contributed by atoms with van der Waals surface area (Å²) in [6.07, 6.45) is 1.11. The Labute approximate surface area is 122 Å². The summed E-state index contributed by atoms with van der Waals surface area (Å²) in [5.74, 6) is -0.834. The molecular formula is C11H21N3O7. The van der Waals surface area contributed by atoms with Crippen molar-refractivity contribution in [2.45, 2.75) is 32.6 Å². The number of hydrogen-bond acceptors (Lipinski definition) is 7. The van der Waals surface area contributed by atoms with Gasteiger partial charge in [-0.15, -0.1) is 5.01 Å². The Morgan fingerprint density at radius 1 is 1.29 bits per heavy atom. The normalized spacial score (nSPS) is 10.9. The Morgan fingerprint density at radius 2 is 2.00 bits per heavy atom. The van der Waals surface area contributed by atoms with E-state index in [1.807, 2.05) is 0 Å². The molecule has 0 bridgehead atoms. The summed E-state index contributed by atoms with van der Waals surface area (Å²) < 4.78 is 8.89. The van der Waals surface area contributed by atoms with Crippen LogP contribution < -0.4 is 0 Å². The van der Waals surface area contributed by atoms with Gasteiger partial charge in [-0.05, 0) is 19.8 Å². The quantitative estimate of drug-likeness (QED) is 0.152. The van der Waals surface area contributed by atoms with E-state index in [9.17, 15) is 14.8 Å². The SMILES string of the molecule is CCOC(=O)OCO/N=[N+](\[O-])N(C)CCCCCC(=O)O. The fourth-order valence-corrected chi connectivity index (χ4v) is 1.25. The summed E-state index contributed by atoms with van der Waals surface area (Å²) in [6.45, 7) is 1.67. The number of aliphatic carboxylic acids is 1. The molecule has 0 saturated heterocycles. The third-order valence-electron chi connectivity index (χ3n) is 2.28. The summed E-state index contributed by atoms with van der Waals surface area (Å²) in [5, 5.41) is 24.2. The molecule has 0 amide bonds. The molecule has 1 N–H and O–H groups in total. The number of carboxylic acids is 1. The molecule has 0 aromatic rings. The molecule has 0 aromatic carbocycles. The zero-order valence-corrected chi connectivity index (χ0v) is 12.2. The van der Waals surface area contributed by atoms with Crippen LogP contribution in [0.25, 0.3) is 0 Å². The molecule has 0 radical (unpaired) electrons. The monoisotopic (exact) mass is 307 g/mol. The van der Waals surface area contributed by atoms with Gasteiger partial charge in [0.1, 0.15) is 0 Å². The Kier molecular flexibility index (Phi) is 10.3. The van der Waals surface area contributed by atoms with Crippen LogP contribution in [0.2, 0.25) is 0 Å². The fourth-order valence-electron chi connectivity index (χ4n) is 1.25. The number of carboxylic acid groups (broad SMARTS) is 1. The number of unbranched alkanes of at least 4 members (excludes halogenated alkanes) is 2. The molecule has 21 heavy (non-hydrogen) atoms. The van der Waals surface area contributed by atoms with E-state index in [0.29, 0.717) is 25.8 Å². The summed E-state index contributed by atoms with van der Waals surface area (Å²) >= 11 is 0. The van der Waals surface area contributed by atoms with E-state index in [1.54, 1.807) is 6.92 Å². The van der Waals surface area contributed by atoms with Crippen molar-refractivity contribution < 1.29 is 34.0 Å². The molecule has 0 aromatic heterocycles. The van der Waals surface area contributed by atoms with Gasteiger partial charge in [0.05, 0.1) is 25.2 Å². The molecule has 10 nitrogen and oxygen atoms in total. The van der Waals surface area contributed by atoms with Crippen LogP contribution in [-0.4, -0.2) is 54.2 Å². The van der Waals surface area contributed by atoms with Crippen LogP contribution >= 0.6 is 0 Å². The molecule has 10 heteroatoms. The molecule has 122 valence electrons. The largest absolute Gasteiger partial charge is 0.569 e. The highest BCUT2D eigenvalue weighted by Gasteiger charge is 2.07. The van der Waals surface area contributed by atoms with Crippen molar-refractivity contribution in [2.24, 2.45) is 5.28 Å². The molecular weight excluding hydrogens is 286 g/mol. The average molecular weight is 307 g/mol. The lowest BCUT2D eigenvalue weighted by Crippen LogP contribution is -2.27. The molecule has 0 unspecified atom stereocenters. The minimum atomic E-state index is -0.906. The second-order valence-corrected chi connectivity index (χ2v) is 3.99. The minimum Gasteiger partial charge on any atom is -0.569 e. The molecule has 0 aliphatic heterocycles. The molecule has 0 aliphatic rings. The molecule has 0 rings (SSSR count). The summed E-state index contributed by atoms with van der Waals surface area (Å²) in [7, 11) is 1.50. The minimum absolute atomic E-state index is 0.115. The highest BCUT2D eigenvalue weighted by atomic mass is 16.8. The topological polar surface area (TPSA) is 124 Å². The molecule has 0 fully saturated rings. The zero-order chi connectivity index (χ0) is 16.1. The summed E-state index contributed by atoms with van der Waals surface area (Å²) in [5.41, 5.74) is 0. The number of carbonyl (C=O) groups excluding carboxylic acids is 1. The molecule has 0 atom stereocenters. The van der Waals surface area contributed by atoms with Gasteiger partial charge in [-0.1, -0.05) is 6.42 Å². The third kappa shape index (κ3) is 11.3. The Hall–Kier alpha value is -2.26. The van der Waals surface area contributed by atoms with Crippen LogP contribution in [0.3, 0.4) is 0 Å². The maximum atomic E-state index is 11.4. The van der Waals surface area contributed by atoms with Gasteiger partial charge in [0.15, 0.2) is 0 Å². The standard InChI is InChI=1S/C11H21N3O7/c1-3-19-11(17)20-9-21-12-14(18)13(2)8-6-4-5-7-10(15)16/h3-9H2,1-2H3,(H,15,16)/b14-12-. The van der Waals surface area contributed by atoms with Crippen molar-refractivity contribution in [3.63, 3.8) is 0 Å². The van der Waals surface area contributed by atoms with Crippen LogP contribution in [0.4, 0.5) is 4.79 Å². The maximum Gasteiger partial charge on any atom is 0.511 e. The van der Waals surface area contributed by atoms with Gasteiger partial charge < -0.3 is 24.6 Å². The molecule has 0 aliphatic carbocycles. The lowest BCUT2D eigenvalue weighted by atomic mass is 10.2. The van der Waals surface area contributed by atoms with E-state index in [-0.39, 0.29) is 18.0 Å². The van der Waals surface area contributed by atoms with Crippen molar-refractivity contribution in [1.29, 1.82) is 0 Å². The summed E-state index contributed by atoms with van der Waals surface area (Å²) in [4.78, 5) is 25.8. The molecule has 0 spiro atoms. The first-order valence-corrected chi connectivity index (χ1v) is 6.50. The first kappa shape index (κ1) is 18.7. The van der Waals surface area contributed by atoms with Gasteiger partial charge in [0.2, 0.25) is 5.28 Å². The predicted octanol–water partition coefficient (Wildman–Crippen LogP) is 1.50. The van der Waals surface area contributed by atoms with Crippen LogP contribution in [0.1, 0.15) is 32.6 Å². The highest BCUT2D eigenvalue weighted by molar-refractivity contribution is 5.66. The Morgan fingerprint density at radius 3 is 2.62 bits per heavy atom. The maximum absolute atomic E-state index is 11.4. The van der Waals surface area contributed by atoms with E-state index in [1.165, 1.54) is 12.1 Å². The second kappa shape index (κ2) is 11.6. The second-order valence-electron chi connectivity index (χ2n) is 3.99. The lowest BCUT2D eigenvalue weighted by molar-refractivity contribution is -0.706. The van der Waals surface area contributed by atoms with Crippen molar-refractivity contribution in [1.82, 2.24) is 5.01 Å². The van der Waals surface area contributed by atoms with E-state index in [4.69, 9.17) is 5.11 Å². The van der Waals surface area contributed by atoms with E-state index < -0.39 is 18.9 Å².